The third-order valence-electron chi connectivity index (χ3n) is 2.42. The molecule has 0 N–H and O–H groups in total. The first kappa shape index (κ1) is 14.4. The summed E-state index contributed by atoms with van der Waals surface area (Å²) in [4.78, 5) is 0. The van der Waals surface area contributed by atoms with Gasteiger partial charge in [0.1, 0.15) is 0 Å². The van der Waals surface area contributed by atoms with Crippen LogP contribution in [0.4, 0.5) is 8.78 Å². The summed E-state index contributed by atoms with van der Waals surface area (Å²) in [5.41, 5.74) is 1.61. The molecule has 18 heavy (non-hydrogen) atoms. The fourth-order valence-electron chi connectivity index (χ4n) is 1.55. The molecule has 0 nitrogen and oxygen atoms in total. The van der Waals surface area contributed by atoms with Crippen LogP contribution in [0.3, 0.4) is 0 Å². The predicted molar refractivity (Wildman–Crippen MR) is 78.4 cm³/mol. The number of thiophene rings is 1. The first-order chi connectivity index (χ1) is 8.47. The minimum absolute atomic E-state index is 0.285. The molecular weight excluding hydrogens is 409 g/mol. The SMILES string of the molecule is Fc1ccc(CC(Cl)c2cc(Br)sc2Br)cc1F. The standard InChI is InChI=1S/C12H7Br2ClF2S/c13-11-5-7(12(14)18-11)8(15)3-6-1-2-9(16)10(17)4-6/h1-2,4-5,8H,3H2. The average Bonchev–Trinajstić information content (AvgIpc) is 2.63. The van der Waals surface area contributed by atoms with Crippen molar-refractivity contribution in [3.8, 4) is 0 Å². The monoisotopic (exact) mass is 414 g/mol. The van der Waals surface area contributed by atoms with E-state index in [1.165, 1.54) is 17.4 Å². The third kappa shape index (κ3) is 3.32. The molecule has 0 saturated carbocycles. The number of benzene rings is 1. The quantitative estimate of drug-likeness (QED) is 0.533. The molecule has 0 saturated heterocycles. The Morgan fingerprint density at radius 2 is 1.89 bits per heavy atom. The van der Waals surface area contributed by atoms with E-state index in [2.05, 4.69) is 31.9 Å². The van der Waals surface area contributed by atoms with Crippen molar-refractivity contribution < 1.29 is 8.78 Å². The summed E-state index contributed by atoms with van der Waals surface area (Å²) in [6, 6.07) is 5.77. The average molecular weight is 417 g/mol. The van der Waals surface area contributed by atoms with E-state index in [1.54, 1.807) is 6.07 Å². The lowest BCUT2D eigenvalue weighted by Gasteiger charge is -2.09. The van der Waals surface area contributed by atoms with E-state index in [-0.39, 0.29) is 5.38 Å². The number of hydrogen-bond donors (Lipinski definition) is 0. The van der Waals surface area contributed by atoms with Crippen LogP contribution in [-0.4, -0.2) is 0 Å². The lowest BCUT2D eigenvalue weighted by atomic mass is 10.1. The van der Waals surface area contributed by atoms with Crippen LogP contribution in [-0.2, 0) is 6.42 Å². The van der Waals surface area contributed by atoms with Gasteiger partial charge in [0, 0.05) is 0 Å². The number of halogens is 5. The summed E-state index contributed by atoms with van der Waals surface area (Å²) >= 11 is 14.6. The summed E-state index contributed by atoms with van der Waals surface area (Å²) in [5.74, 6) is -1.69. The summed E-state index contributed by atoms with van der Waals surface area (Å²) in [7, 11) is 0. The molecule has 0 aliphatic carbocycles. The van der Waals surface area contributed by atoms with Gasteiger partial charge in [0.05, 0.1) is 12.9 Å². The number of hydrogen-bond acceptors (Lipinski definition) is 1. The Morgan fingerprint density at radius 1 is 1.17 bits per heavy atom. The second kappa shape index (κ2) is 5.99. The van der Waals surface area contributed by atoms with Crippen molar-refractivity contribution in [1.29, 1.82) is 0 Å². The third-order valence-corrected chi connectivity index (χ3v) is 5.19. The lowest BCUT2D eigenvalue weighted by molar-refractivity contribution is 0.507. The van der Waals surface area contributed by atoms with Crippen LogP contribution in [0.5, 0.6) is 0 Å². The van der Waals surface area contributed by atoms with Gasteiger partial charge in [-0.1, -0.05) is 6.07 Å². The zero-order chi connectivity index (χ0) is 13.3. The highest BCUT2D eigenvalue weighted by Crippen LogP contribution is 2.39. The molecule has 0 aliphatic rings. The zero-order valence-electron chi connectivity index (χ0n) is 8.89. The molecule has 6 heteroatoms. The van der Waals surface area contributed by atoms with E-state index in [4.69, 9.17) is 11.6 Å². The van der Waals surface area contributed by atoms with Gasteiger partial charge < -0.3 is 0 Å². The van der Waals surface area contributed by atoms with E-state index in [1.807, 2.05) is 6.07 Å². The predicted octanol–water partition coefficient (Wildman–Crippen LogP) is 6.07. The van der Waals surface area contributed by atoms with Crippen molar-refractivity contribution in [3.63, 3.8) is 0 Å². The van der Waals surface area contributed by atoms with Gasteiger partial charge in [-0.2, -0.15) is 0 Å². The highest BCUT2D eigenvalue weighted by Gasteiger charge is 2.16. The van der Waals surface area contributed by atoms with Crippen molar-refractivity contribution in [2.75, 3.05) is 0 Å². The number of rotatable bonds is 3. The van der Waals surface area contributed by atoms with Crippen LogP contribution in [0.1, 0.15) is 16.5 Å². The molecule has 0 amide bonds. The van der Waals surface area contributed by atoms with Crippen LogP contribution in [0, 0.1) is 11.6 Å². The van der Waals surface area contributed by atoms with Gasteiger partial charge in [-0.25, -0.2) is 8.78 Å². The number of alkyl halides is 1. The van der Waals surface area contributed by atoms with Gasteiger partial charge in [-0.05, 0) is 67.6 Å². The molecule has 1 heterocycles. The van der Waals surface area contributed by atoms with E-state index in [0.717, 1.165) is 19.2 Å². The molecule has 0 aliphatic heterocycles. The van der Waals surface area contributed by atoms with Crippen molar-refractivity contribution in [2.24, 2.45) is 0 Å². The van der Waals surface area contributed by atoms with Gasteiger partial charge in [-0.3, -0.25) is 0 Å². The second-order valence-corrected chi connectivity index (χ2v) is 7.98. The fourth-order valence-corrected chi connectivity index (χ4v) is 5.07. The van der Waals surface area contributed by atoms with E-state index >= 15 is 0 Å². The maximum atomic E-state index is 13.1. The zero-order valence-corrected chi connectivity index (χ0v) is 13.6. The Balaban J connectivity index is 2.18. The molecule has 2 aromatic rings. The van der Waals surface area contributed by atoms with Crippen LogP contribution in [0.2, 0.25) is 0 Å². The first-order valence-corrected chi connectivity index (χ1v) is 7.84. The van der Waals surface area contributed by atoms with Gasteiger partial charge in [-0.15, -0.1) is 22.9 Å². The molecule has 1 unspecified atom stereocenters. The summed E-state index contributed by atoms with van der Waals surface area (Å²) in [6.07, 6.45) is 0.445. The molecule has 2 rings (SSSR count). The van der Waals surface area contributed by atoms with Crippen LogP contribution in [0.25, 0.3) is 0 Å². The maximum absolute atomic E-state index is 13.1. The van der Waals surface area contributed by atoms with Crippen LogP contribution < -0.4 is 0 Å². The Hall–Kier alpha value is 0.0300. The smallest absolute Gasteiger partial charge is 0.159 e. The van der Waals surface area contributed by atoms with Crippen LogP contribution in [0.15, 0.2) is 31.8 Å². The van der Waals surface area contributed by atoms with Gasteiger partial charge in [0.15, 0.2) is 11.6 Å². The molecule has 0 radical (unpaired) electrons. The van der Waals surface area contributed by atoms with Crippen molar-refractivity contribution in [2.45, 2.75) is 11.8 Å². The lowest BCUT2D eigenvalue weighted by Crippen LogP contribution is -1.96. The fraction of sp³-hybridized carbons (Fsp3) is 0.167. The van der Waals surface area contributed by atoms with Gasteiger partial charge >= 0.3 is 0 Å². The minimum atomic E-state index is -0.845. The minimum Gasteiger partial charge on any atom is -0.204 e. The Morgan fingerprint density at radius 3 is 2.44 bits per heavy atom. The topological polar surface area (TPSA) is 0 Å². The van der Waals surface area contributed by atoms with Crippen molar-refractivity contribution in [1.82, 2.24) is 0 Å². The molecule has 0 spiro atoms. The van der Waals surface area contributed by atoms with E-state index in [9.17, 15) is 8.78 Å². The van der Waals surface area contributed by atoms with Crippen molar-refractivity contribution in [3.05, 3.63) is 54.6 Å². The normalized spacial score (nSPS) is 12.7. The highest BCUT2D eigenvalue weighted by molar-refractivity contribution is 9.12. The molecular formula is C12H7Br2ClF2S. The Kier molecular flexibility index (Phi) is 4.80. The van der Waals surface area contributed by atoms with Crippen LogP contribution >= 0.6 is 54.8 Å². The molecule has 1 atom stereocenters. The Labute approximate surface area is 129 Å². The van der Waals surface area contributed by atoms with E-state index < -0.39 is 11.6 Å². The second-order valence-electron chi connectivity index (χ2n) is 3.70. The van der Waals surface area contributed by atoms with E-state index in [0.29, 0.717) is 12.0 Å². The molecule has 96 valence electrons. The molecule has 0 fully saturated rings. The molecule has 1 aromatic carbocycles. The molecule has 0 bridgehead atoms. The summed E-state index contributed by atoms with van der Waals surface area (Å²) < 4.78 is 27.8. The first-order valence-electron chi connectivity index (χ1n) is 5.00. The Bertz CT molecular complexity index is 571. The van der Waals surface area contributed by atoms with Gasteiger partial charge in [0.2, 0.25) is 0 Å². The highest BCUT2D eigenvalue weighted by atomic mass is 79.9. The molecule has 1 aromatic heterocycles. The summed E-state index contributed by atoms with van der Waals surface area (Å²) in [6.45, 7) is 0. The van der Waals surface area contributed by atoms with Gasteiger partial charge in [0.25, 0.3) is 0 Å². The maximum Gasteiger partial charge on any atom is 0.159 e. The largest absolute Gasteiger partial charge is 0.204 e. The van der Waals surface area contributed by atoms with Crippen molar-refractivity contribution >= 4 is 54.8 Å². The summed E-state index contributed by atoms with van der Waals surface area (Å²) in [5, 5.41) is -0.285.